The number of hydrogen-bond donors (Lipinski definition) is 1. The third-order valence-corrected chi connectivity index (χ3v) is 5.39. The molecule has 1 fully saturated rings. The van der Waals surface area contributed by atoms with Crippen molar-refractivity contribution in [2.45, 2.75) is 24.3 Å². The fraction of sp³-hybridized carbons (Fsp3) is 0.421. The van der Waals surface area contributed by atoms with Crippen molar-refractivity contribution in [2.75, 3.05) is 25.4 Å². The number of furan rings is 1. The van der Waals surface area contributed by atoms with Gasteiger partial charge in [-0.1, -0.05) is 18.2 Å². The summed E-state index contributed by atoms with van der Waals surface area (Å²) in [6.45, 7) is 3.59. The van der Waals surface area contributed by atoms with Gasteiger partial charge in [-0.2, -0.15) is 0 Å². The number of nitrogens with one attached hydrogen (secondary N) is 1. The van der Waals surface area contributed by atoms with Crippen LogP contribution >= 0.6 is 11.8 Å². The van der Waals surface area contributed by atoms with Crippen LogP contribution in [0.1, 0.15) is 18.6 Å². The maximum atomic E-state index is 12.2. The molecule has 3 rings (SSSR count). The zero-order chi connectivity index (χ0) is 16.6. The largest absolute Gasteiger partial charge is 0.467 e. The van der Waals surface area contributed by atoms with Crippen LogP contribution in [0.15, 0.2) is 58.0 Å². The Morgan fingerprint density at radius 1 is 1.17 bits per heavy atom. The van der Waals surface area contributed by atoms with Gasteiger partial charge in [0.1, 0.15) is 5.76 Å². The fourth-order valence-corrected chi connectivity index (χ4v) is 3.89. The highest BCUT2D eigenvalue weighted by molar-refractivity contribution is 7.99. The summed E-state index contributed by atoms with van der Waals surface area (Å²) in [6.07, 6.45) is 3.52. The Balaban J connectivity index is 1.32. The first-order valence-corrected chi connectivity index (χ1v) is 9.50. The number of likely N-dealkylation sites (tertiary alicyclic amines) is 1. The normalized spacial score (nSPS) is 16.2. The van der Waals surface area contributed by atoms with Crippen LogP contribution in [-0.4, -0.2) is 36.2 Å². The van der Waals surface area contributed by atoms with Gasteiger partial charge in [0, 0.05) is 23.1 Å². The predicted molar refractivity (Wildman–Crippen MR) is 96.9 cm³/mol. The van der Waals surface area contributed by atoms with Crippen LogP contribution in [0, 0.1) is 5.92 Å². The monoisotopic (exact) mass is 344 g/mol. The molecule has 5 heteroatoms. The first kappa shape index (κ1) is 17.1. The lowest BCUT2D eigenvalue weighted by Gasteiger charge is -2.31. The molecule has 1 aliphatic rings. The molecule has 1 saturated heterocycles. The highest BCUT2D eigenvalue weighted by Crippen LogP contribution is 2.20. The number of amides is 1. The van der Waals surface area contributed by atoms with Crippen LogP contribution in [0.5, 0.6) is 0 Å². The van der Waals surface area contributed by atoms with Crippen molar-refractivity contribution in [3.8, 4) is 0 Å². The van der Waals surface area contributed by atoms with E-state index in [9.17, 15) is 4.79 Å². The molecule has 0 unspecified atom stereocenters. The lowest BCUT2D eigenvalue weighted by Crippen LogP contribution is -2.41. The SMILES string of the molecule is O=C(NCc1ccco1)C1CCN(CCSc2ccccc2)CC1. The quantitative estimate of drug-likeness (QED) is 0.782. The number of hydrogen-bond acceptors (Lipinski definition) is 4. The maximum Gasteiger partial charge on any atom is 0.223 e. The number of nitrogens with zero attached hydrogens (tertiary/aromatic N) is 1. The smallest absolute Gasteiger partial charge is 0.223 e. The molecule has 1 N–H and O–H groups in total. The Bertz CT molecular complexity index is 608. The molecule has 24 heavy (non-hydrogen) atoms. The zero-order valence-corrected chi connectivity index (χ0v) is 14.6. The second-order valence-corrected chi connectivity index (χ2v) is 7.24. The molecule has 2 aromatic rings. The Hall–Kier alpha value is -1.72. The van der Waals surface area contributed by atoms with Crippen molar-refractivity contribution in [1.29, 1.82) is 0 Å². The van der Waals surface area contributed by atoms with Gasteiger partial charge >= 0.3 is 0 Å². The minimum absolute atomic E-state index is 0.137. The summed E-state index contributed by atoms with van der Waals surface area (Å²) in [5.41, 5.74) is 0. The third-order valence-electron chi connectivity index (χ3n) is 4.39. The van der Waals surface area contributed by atoms with Gasteiger partial charge in [-0.3, -0.25) is 4.79 Å². The molecular formula is C19H24N2O2S. The van der Waals surface area contributed by atoms with E-state index in [1.807, 2.05) is 30.0 Å². The first-order chi connectivity index (χ1) is 11.8. The molecule has 128 valence electrons. The average molecular weight is 344 g/mol. The molecule has 0 aliphatic carbocycles. The summed E-state index contributed by atoms with van der Waals surface area (Å²) >= 11 is 1.90. The molecular weight excluding hydrogens is 320 g/mol. The summed E-state index contributed by atoms with van der Waals surface area (Å²) in [5, 5.41) is 2.98. The number of benzene rings is 1. The third kappa shape index (κ3) is 5.14. The van der Waals surface area contributed by atoms with Crippen LogP contribution in [0.25, 0.3) is 0 Å². The highest BCUT2D eigenvalue weighted by Gasteiger charge is 2.24. The Morgan fingerprint density at radius 2 is 1.96 bits per heavy atom. The van der Waals surface area contributed by atoms with Gasteiger partial charge in [0.15, 0.2) is 0 Å². The molecule has 0 saturated carbocycles. The van der Waals surface area contributed by atoms with Gasteiger partial charge in [-0.25, -0.2) is 0 Å². The van der Waals surface area contributed by atoms with E-state index in [4.69, 9.17) is 4.42 Å². The molecule has 1 aromatic heterocycles. The number of piperidine rings is 1. The van der Waals surface area contributed by atoms with Gasteiger partial charge < -0.3 is 14.6 Å². The van der Waals surface area contributed by atoms with E-state index in [0.29, 0.717) is 6.54 Å². The van der Waals surface area contributed by atoms with Crippen LogP contribution in [0.2, 0.25) is 0 Å². The van der Waals surface area contributed by atoms with Gasteiger partial charge in [0.05, 0.1) is 12.8 Å². The number of carbonyl (C=O) groups is 1. The van der Waals surface area contributed by atoms with Crippen molar-refractivity contribution in [2.24, 2.45) is 5.92 Å². The molecule has 0 bridgehead atoms. The Morgan fingerprint density at radius 3 is 2.67 bits per heavy atom. The predicted octanol–water partition coefficient (Wildman–Crippen LogP) is 3.40. The highest BCUT2D eigenvalue weighted by atomic mass is 32.2. The summed E-state index contributed by atoms with van der Waals surface area (Å²) in [5.74, 6) is 2.20. The van der Waals surface area contributed by atoms with Crippen LogP contribution in [0.3, 0.4) is 0 Å². The Kier molecular flexibility index (Phi) is 6.38. The summed E-state index contributed by atoms with van der Waals surface area (Å²) in [7, 11) is 0. The van der Waals surface area contributed by atoms with Crippen LogP contribution < -0.4 is 5.32 Å². The van der Waals surface area contributed by atoms with Gasteiger partial charge in [-0.05, 0) is 50.2 Å². The van der Waals surface area contributed by atoms with E-state index in [0.717, 1.165) is 44.0 Å². The van der Waals surface area contributed by atoms with Crippen molar-refractivity contribution in [3.05, 3.63) is 54.5 Å². The van der Waals surface area contributed by atoms with Crippen molar-refractivity contribution in [3.63, 3.8) is 0 Å². The van der Waals surface area contributed by atoms with E-state index < -0.39 is 0 Å². The van der Waals surface area contributed by atoms with Crippen LogP contribution in [-0.2, 0) is 11.3 Å². The van der Waals surface area contributed by atoms with E-state index in [1.54, 1.807) is 6.26 Å². The number of rotatable bonds is 7. The summed E-state index contributed by atoms with van der Waals surface area (Å²) < 4.78 is 5.24. The van der Waals surface area contributed by atoms with Gasteiger partial charge in [0.25, 0.3) is 0 Å². The van der Waals surface area contributed by atoms with E-state index in [2.05, 4.69) is 34.5 Å². The molecule has 2 heterocycles. The molecule has 1 aliphatic heterocycles. The second-order valence-electron chi connectivity index (χ2n) is 6.07. The molecule has 1 amide bonds. The first-order valence-electron chi connectivity index (χ1n) is 8.51. The molecule has 1 aromatic carbocycles. The van der Waals surface area contributed by atoms with Gasteiger partial charge in [0.2, 0.25) is 5.91 Å². The zero-order valence-electron chi connectivity index (χ0n) is 13.8. The second kappa shape index (κ2) is 8.94. The summed E-state index contributed by atoms with van der Waals surface area (Å²) in [4.78, 5) is 16.0. The number of carbonyl (C=O) groups excluding carboxylic acids is 1. The van der Waals surface area contributed by atoms with Crippen molar-refractivity contribution >= 4 is 17.7 Å². The van der Waals surface area contributed by atoms with E-state index >= 15 is 0 Å². The minimum Gasteiger partial charge on any atom is -0.467 e. The summed E-state index contributed by atoms with van der Waals surface area (Å²) in [6, 6.07) is 14.2. The molecule has 0 spiro atoms. The van der Waals surface area contributed by atoms with E-state index in [-0.39, 0.29) is 11.8 Å². The topological polar surface area (TPSA) is 45.5 Å². The van der Waals surface area contributed by atoms with Crippen molar-refractivity contribution < 1.29 is 9.21 Å². The average Bonchev–Trinajstić information content (AvgIpc) is 3.15. The fourth-order valence-electron chi connectivity index (χ4n) is 2.96. The van der Waals surface area contributed by atoms with Gasteiger partial charge in [-0.15, -0.1) is 11.8 Å². The standard InChI is InChI=1S/C19H24N2O2S/c22-19(20-15-17-5-4-13-23-17)16-8-10-21(11-9-16)12-14-24-18-6-2-1-3-7-18/h1-7,13,16H,8-12,14-15H2,(H,20,22). The number of thioether (sulfide) groups is 1. The lowest BCUT2D eigenvalue weighted by atomic mass is 9.96. The van der Waals surface area contributed by atoms with Crippen LogP contribution in [0.4, 0.5) is 0 Å². The van der Waals surface area contributed by atoms with Crippen molar-refractivity contribution in [1.82, 2.24) is 10.2 Å². The minimum atomic E-state index is 0.137. The molecule has 0 radical (unpaired) electrons. The Labute approximate surface area is 147 Å². The maximum absolute atomic E-state index is 12.2. The van der Waals surface area contributed by atoms with E-state index in [1.165, 1.54) is 4.90 Å². The lowest BCUT2D eigenvalue weighted by molar-refractivity contribution is -0.126. The molecule has 0 atom stereocenters. The molecule has 4 nitrogen and oxygen atoms in total.